The third-order valence-electron chi connectivity index (χ3n) is 3.95. The molecule has 0 aromatic carbocycles. The second-order valence-electron chi connectivity index (χ2n) is 5.44. The number of hydrogen-bond donors (Lipinski definition) is 0. The molecule has 1 aromatic heterocycles. The Hall–Kier alpha value is -1.13. The van der Waals surface area contributed by atoms with Crippen LogP contribution in [-0.2, 0) is 11.3 Å². The second-order valence-corrected chi connectivity index (χ2v) is 5.44. The number of nitrogens with zero attached hydrogens (tertiary/aromatic N) is 3. The fraction of sp³-hybridized carbons (Fsp3) is 0.643. The minimum absolute atomic E-state index is 0.442. The molecule has 0 amide bonds. The summed E-state index contributed by atoms with van der Waals surface area (Å²) < 4.78 is 5.81. The molecule has 1 atom stereocenters. The lowest BCUT2D eigenvalue weighted by Gasteiger charge is -2.42. The summed E-state index contributed by atoms with van der Waals surface area (Å²) in [4.78, 5) is 9.52. The molecular formula is C14H21N3O. The van der Waals surface area contributed by atoms with Crippen LogP contribution in [0.4, 0.5) is 5.82 Å². The highest BCUT2D eigenvalue weighted by Gasteiger charge is 2.32. The summed E-state index contributed by atoms with van der Waals surface area (Å²) in [6, 6.07) is 5.17. The lowest BCUT2D eigenvalue weighted by Crippen LogP contribution is -2.56. The molecule has 4 nitrogen and oxygen atoms in total. The molecule has 1 saturated heterocycles. The van der Waals surface area contributed by atoms with Gasteiger partial charge in [-0.25, -0.2) is 4.98 Å². The van der Waals surface area contributed by atoms with E-state index in [0.717, 1.165) is 32.1 Å². The number of ether oxygens (including phenoxy) is 1. The molecule has 1 fully saturated rings. The van der Waals surface area contributed by atoms with Crippen molar-refractivity contribution in [1.29, 1.82) is 0 Å². The van der Waals surface area contributed by atoms with Crippen LogP contribution in [0.5, 0.6) is 0 Å². The third-order valence-corrected chi connectivity index (χ3v) is 3.95. The van der Waals surface area contributed by atoms with E-state index in [-0.39, 0.29) is 0 Å². The van der Waals surface area contributed by atoms with E-state index in [9.17, 15) is 0 Å². The van der Waals surface area contributed by atoms with Gasteiger partial charge in [0, 0.05) is 37.4 Å². The molecular weight excluding hydrogens is 226 g/mol. The van der Waals surface area contributed by atoms with E-state index in [4.69, 9.17) is 4.74 Å². The Morgan fingerprint density at radius 2 is 2.28 bits per heavy atom. The van der Waals surface area contributed by atoms with Crippen LogP contribution in [-0.4, -0.2) is 48.2 Å². The zero-order chi connectivity index (χ0) is 12.5. The van der Waals surface area contributed by atoms with Gasteiger partial charge >= 0.3 is 0 Å². The number of aromatic nitrogens is 1. The van der Waals surface area contributed by atoms with E-state index < -0.39 is 0 Å². The van der Waals surface area contributed by atoms with Crippen molar-refractivity contribution in [2.24, 2.45) is 0 Å². The summed E-state index contributed by atoms with van der Waals surface area (Å²) in [5.74, 6) is 1.13. The average molecular weight is 247 g/mol. The number of piperazine rings is 1. The quantitative estimate of drug-likeness (QED) is 0.752. The van der Waals surface area contributed by atoms with Crippen LogP contribution in [0.3, 0.4) is 0 Å². The van der Waals surface area contributed by atoms with Crippen LogP contribution < -0.4 is 4.90 Å². The summed E-state index contributed by atoms with van der Waals surface area (Å²) in [6.45, 7) is 9.27. The van der Waals surface area contributed by atoms with Crippen LogP contribution >= 0.6 is 0 Å². The first-order valence-corrected chi connectivity index (χ1v) is 6.78. The van der Waals surface area contributed by atoms with E-state index in [1.165, 1.54) is 5.56 Å². The SMILES string of the molecule is CC(C)N1CCN2c3ncccc3COCC2C1. The van der Waals surface area contributed by atoms with Crippen LogP contribution in [0, 0.1) is 0 Å². The fourth-order valence-corrected chi connectivity index (χ4v) is 2.88. The fourth-order valence-electron chi connectivity index (χ4n) is 2.88. The van der Waals surface area contributed by atoms with Crippen LogP contribution in [0.25, 0.3) is 0 Å². The topological polar surface area (TPSA) is 28.6 Å². The molecule has 4 heteroatoms. The van der Waals surface area contributed by atoms with Crippen molar-refractivity contribution >= 4 is 5.82 Å². The number of fused-ring (bicyclic) bond motifs is 3. The normalized spacial score (nSPS) is 24.6. The third kappa shape index (κ3) is 2.10. The standard InChI is InChI=1S/C14H21N3O/c1-11(2)16-6-7-17-13(8-16)10-18-9-12-4-3-5-15-14(12)17/h3-5,11,13H,6-10H2,1-2H3. The summed E-state index contributed by atoms with van der Waals surface area (Å²) in [5.41, 5.74) is 1.22. The van der Waals surface area contributed by atoms with Crippen molar-refractivity contribution < 1.29 is 4.74 Å². The zero-order valence-corrected chi connectivity index (χ0v) is 11.2. The van der Waals surface area contributed by atoms with Crippen molar-refractivity contribution in [2.45, 2.75) is 32.5 Å². The van der Waals surface area contributed by atoms with Gasteiger partial charge in [-0.1, -0.05) is 6.07 Å². The molecule has 0 spiro atoms. The molecule has 0 N–H and O–H groups in total. The lowest BCUT2D eigenvalue weighted by molar-refractivity contribution is 0.0836. The molecule has 2 aliphatic rings. The highest BCUT2D eigenvalue weighted by molar-refractivity contribution is 5.48. The van der Waals surface area contributed by atoms with Gasteiger partial charge in [-0.2, -0.15) is 0 Å². The van der Waals surface area contributed by atoms with Gasteiger partial charge in [-0.3, -0.25) is 4.90 Å². The lowest BCUT2D eigenvalue weighted by atomic mass is 10.1. The van der Waals surface area contributed by atoms with Crippen molar-refractivity contribution in [1.82, 2.24) is 9.88 Å². The highest BCUT2D eigenvalue weighted by Crippen LogP contribution is 2.26. The Bertz CT molecular complexity index is 421. The van der Waals surface area contributed by atoms with E-state index in [0.29, 0.717) is 18.7 Å². The van der Waals surface area contributed by atoms with Gasteiger partial charge in [0.2, 0.25) is 0 Å². The van der Waals surface area contributed by atoms with Gasteiger partial charge in [0.15, 0.2) is 0 Å². The Morgan fingerprint density at radius 1 is 1.39 bits per heavy atom. The van der Waals surface area contributed by atoms with Gasteiger partial charge in [-0.15, -0.1) is 0 Å². The Kier molecular flexibility index (Phi) is 3.22. The van der Waals surface area contributed by atoms with Crippen molar-refractivity contribution in [3.8, 4) is 0 Å². The van der Waals surface area contributed by atoms with Gasteiger partial charge < -0.3 is 9.64 Å². The molecule has 0 saturated carbocycles. The van der Waals surface area contributed by atoms with Crippen molar-refractivity contribution in [3.63, 3.8) is 0 Å². The van der Waals surface area contributed by atoms with Crippen molar-refractivity contribution in [3.05, 3.63) is 23.9 Å². The van der Waals surface area contributed by atoms with Crippen LogP contribution in [0.15, 0.2) is 18.3 Å². The maximum absolute atomic E-state index is 5.81. The number of rotatable bonds is 1. The monoisotopic (exact) mass is 247 g/mol. The van der Waals surface area contributed by atoms with Crippen molar-refractivity contribution in [2.75, 3.05) is 31.1 Å². The van der Waals surface area contributed by atoms with Crippen LogP contribution in [0.1, 0.15) is 19.4 Å². The summed E-state index contributed by atoms with van der Waals surface area (Å²) in [6.07, 6.45) is 1.88. The van der Waals surface area contributed by atoms with E-state index in [1.54, 1.807) is 0 Å². The van der Waals surface area contributed by atoms with Gasteiger partial charge in [0.1, 0.15) is 5.82 Å². The average Bonchev–Trinajstić information content (AvgIpc) is 2.57. The number of hydrogen-bond acceptors (Lipinski definition) is 4. The first-order chi connectivity index (χ1) is 8.75. The molecule has 18 heavy (non-hydrogen) atoms. The Morgan fingerprint density at radius 3 is 3.11 bits per heavy atom. The largest absolute Gasteiger partial charge is 0.374 e. The number of pyridine rings is 1. The van der Waals surface area contributed by atoms with Gasteiger partial charge in [0.25, 0.3) is 0 Å². The Labute approximate surface area is 109 Å². The molecule has 0 radical (unpaired) electrons. The molecule has 0 aliphatic carbocycles. The van der Waals surface area contributed by atoms with E-state index >= 15 is 0 Å². The van der Waals surface area contributed by atoms with Gasteiger partial charge in [0.05, 0.1) is 19.3 Å². The predicted octanol–water partition coefficient (Wildman–Crippen LogP) is 1.51. The molecule has 3 heterocycles. The summed E-state index contributed by atoms with van der Waals surface area (Å²) >= 11 is 0. The minimum atomic E-state index is 0.442. The molecule has 3 rings (SSSR count). The highest BCUT2D eigenvalue weighted by atomic mass is 16.5. The molecule has 0 bridgehead atoms. The zero-order valence-electron chi connectivity index (χ0n) is 11.2. The van der Waals surface area contributed by atoms with E-state index in [2.05, 4.69) is 34.7 Å². The summed E-state index contributed by atoms with van der Waals surface area (Å²) in [5, 5.41) is 0. The van der Waals surface area contributed by atoms with E-state index in [1.807, 2.05) is 12.3 Å². The molecule has 1 unspecified atom stereocenters. The smallest absolute Gasteiger partial charge is 0.134 e. The first-order valence-electron chi connectivity index (χ1n) is 6.78. The molecule has 2 aliphatic heterocycles. The maximum atomic E-state index is 5.81. The number of anilines is 1. The van der Waals surface area contributed by atoms with Crippen LogP contribution in [0.2, 0.25) is 0 Å². The molecule has 1 aromatic rings. The van der Waals surface area contributed by atoms with Gasteiger partial charge in [-0.05, 0) is 19.9 Å². The predicted molar refractivity (Wildman–Crippen MR) is 71.7 cm³/mol. The Balaban J connectivity index is 1.86. The second kappa shape index (κ2) is 4.86. The summed E-state index contributed by atoms with van der Waals surface area (Å²) in [7, 11) is 0. The molecule has 98 valence electrons. The first kappa shape index (κ1) is 11.9. The maximum Gasteiger partial charge on any atom is 0.134 e. The minimum Gasteiger partial charge on any atom is -0.374 e.